The lowest BCUT2D eigenvalue weighted by molar-refractivity contribution is -0.210. The molecule has 0 atom stereocenters. The Kier molecular flexibility index (Phi) is 7.85. The van der Waals surface area contributed by atoms with Gasteiger partial charge in [0.1, 0.15) is 0 Å². The Morgan fingerprint density at radius 3 is 2.00 bits per heavy atom. The smallest absolute Gasteiger partial charge is 0.262 e. The summed E-state index contributed by atoms with van der Waals surface area (Å²) in [5.74, 6) is -0.243. The van der Waals surface area contributed by atoms with Crippen molar-refractivity contribution >= 4 is 27.4 Å². The molecule has 68 valence electrons. The van der Waals surface area contributed by atoms with Gasteiger partial charge in [-0.15, -0.1) is 0 Å². The Bertz CT molecular complexity index is 195. The van der Waals surface area contributed by atoms with E-state index in [0.717, 1.165) is 0 Å². The minimum Gasteiger partial charge on any atom is -0.748 e. The van der Waals surface area contributed by atoms with Gasteiger partial charge < -0.3 is 16.0 Å². The fourth-order valence-corrected chi connectivity index (χ4v) is 0.750. The SMILES string of the molecule is CCCS(=O)(=O)[O-].NC([NH3+])=S. The molecule has 0 saturated heterocycles. The second-order valence-corrected chi connectivity index (χ2v) is 3.78. The average Bonchev–Trinajstić information content (AvgIpc) is 1.58. The monoisotopic (exact) mass is 200 g/mol. The molecular formula is C4H12N2O3S2. The van der Waals surface area contributed by atoms with Gasteiger partial charge in [0.25, 0.3) is 5.11 Å². The van der Waals surface area contributed by atoms with E-state index in [1.807, 2.05) is 0 Å². The first-order valence-corrected chi connectivity index (χ1v) is 4.83. The Morgan fingerprint density at radius 2 is 2.00 bits per heavy atom. The molecule has 5 nitrogen and oxygen atoms in total. The van der Waals surface area contributed by atoms with E-state index in [1.54, 1.807) is 6.92 Å². The second-order valence-electron chi connectivity index (χ2n) is 1.73. The minimum absolute atomic E-state index is 0.243. The van der Waals surface area contributed by atoms with Crippen LogP contribution in [-0.4, -0.2) is 23.8 Å². The number of hydrogen-bond donors (Lipinski definition) is 2. The highest BCUT2D eigenvalue weighted by Gasteiger charge is 1.86. The zero-order valence-corrected chi connectivity index (χ0v) is 7.87. The molecule has 7 heteroatoms. The Morgan fingerprint density at radius 1 is 1.73 bits per heavy atom. The highest BCUT2D eigenvalue weighted by molar-refractivity contribution is 7.85. The van der Waals surface area contributed by atoms with Gasteiger partial charge >= 0.3 is 0 Å². The molecule has 0 radical (unpaired) electrons. The second kappa shape index (κ2) is 6.47. The lowest BCUT2D eigenvalue weighted by Gasteiger charge is -2.00. The van der Waals surface area contributed by atoms with Crippen LogP contribution < -0.4 is 11.5 Å². The van der Waals surface area contributed by atoms with E-state index in [-0.39, 0.29) is 10.9 Å². The van der Waals surface area contributed by atoms with Gasteiger partial charge in [-0.1, -0.05) is 6.92 Å². The predicted molar refractivity (Wildman–Crippen MR) is 44.5 cm³/mol. The number of rotatable bonds is 2. The van der Waals surface area contributed by atoms with Crippen LogP contribution in [-0.2, 0) is 10.1 Å². The van der Waals surface area contributed by atoms with Crippen molar-refractivity contribution in [2.45, 2.75) is 13.3 Å². The molecule has 0 bridgehead atoms. The normalized spacial score (nSPS) is 9.73. The van der Waals surface area contributed by atoms with Crippen molar-refractivity contribution in [3.8, 4) is 0 Å². The van der Waals surface area contributed by atoms with Crippen molar-refractivity contribution in [2.24, 2.45) is 5.73 Å². The summed E-state index contributed by atoms with van der Waals surface area (Å²) in [5.41, 5.74) is 7.88. The topological polar surface area (TPSA) is 111 Å². The molecule has 0 aromatic rings. The Balaban J connectivity index is 0. The molecule has 0 heterocycles. The van der Waals surface area contributed by atoms with E-state index < -0.39 is 10.1 Å². The Labute approximate surface area is 71.5 Å². The van der Waals surface area contributed by atoms with Crippen LogP contribution in [0.4, 0.5) is 0 Å². The van der Waals surface area contributed by atoms with Crippen molar-refractivity contribution in [1.29, 1.82) is 0 Å². The van der Waals surface area contributed by atoms with Crippen LogP contribution in [0.5, 0.6) is 0 Å². The highest BCUT2D eigenvalue weighted by Crippen LogP contribution is 1.83. The summed E-state index contributed by atoms with van der Waals surface area (Å²) in [4.78, 5) is 0. The minimum atomic E-state index is -3.92. The van der Waals surface area contributed by atoms with Gasteiger partial charge in [0.15, 0.2) is 0 Å². The van der Waals surface area contributed by atoms with Crippen LogP contribution in [0, 0.1) is 0 Å². The summed E-state index contributed by atoms with van der Waals surface area (Å²) in [6, 6.07) is 0. The summed E-state index contributed by atoms with van der Waals surface area (Å²) >= 11 is 4.20. The first kappa shape index (κ1) is 13.4. The molecule has 0 spiro atoms. The molecular weight excluding hydrogens is 188 g/mol. The lowest BCUT2D eigenvalue weighted by Crippen LogP contribution is -2.60. The van der Waals surface area contributed by atoms with Crippen LogP contribution in [0.2, 0.25) is 0 Å². The molecule has 0 aromatic carbocycles. The molecule has 0 aliphatic rings. The van der Waals surface area contributed by atoms with Crippen molar-refractivity contribution < 1.29 is 18.7 Å². The first-order valence-electron chi connectivity index (χ1n) is 2.84. The standard InChI is InChI=1S/C3H8O3S.CH4N2S/c1-2-3-7(4,5)6;2-1(3)4/h2-3H2,1H3,(H,4,5,6);(H4,2,3,4). The van der Waals surface area contributed by atoms with Crippen LogP contribution in [0.15, 0.2) is 0 Å². The summed E-state index contributed by atoms with van der Waals surface area (Å²) in [6.07, 6.45) is 0.409. The van der Waals surface area contributed by atoms with Crippen LogP contribution in [0.1, 0.15) is 13.3 Å². The quantitative estimate of drug-likeness (QED) is 0.412. The third kappa shape index (κ3) is 41.6. The van der Waals surface area contributed by atoms with Crippen LogP contribution in [0.3, 0.4) is 0 Å². The third-order valence-electron chi connectivity index (χ3n) is 0.454. The number of thiocarbonyl (C=S) groups is 1. The number of hydrogen-bond acceptors (Lipinski definition) is 4. The lowest BCUT2D eigenvalue weighted by atomic mass is 10.6. The zero-order chi connectivity index (χ0) is 9.49. The van der Waals surface area contributed by atoms with Gasteiger partial charge in [-0.2, -0.15) is 0 Å². The van der Waals surface area contributed by atoms with Gasteiger partial charge in [-0.25, -0.2) is 8.42 Å². The summed E-state index contributed by atoms with van der Waals surface area (Å²) < 4.78 is 29.0. The maximum atomic E-state index is 9.68. The van der Waals surface area contributed by atoms with Gasteiger partial charge in [-0.05, 0) is 6.42 Å². The van der Waals surface area contributed by atoms with E-state index >= 15 is 0 Å². The van der Waals surface area contributed by atoms with E-state index in [1.165, 1.54) is 0 Å². The molecule has 0 aliphatic heterocycles. The van der Waals surface area contributed by atoms with E-state index in [0.29, 0.717) is 6.42 Å². The van der Waals surface area contributed by atoms with Gasteiger partial charge in [0.2, 0.25) is 0 Å². The highest BCUT2D eigenvalue weighted by atomic mass is 32.2. The van der Waals surface area contributed by atoms with E-state index in [9.17, 15) is 13.0 Å². The molecule has 11 heavy (non-hydrogen) atoms. The molecule has 0 saturated carbocycles. The van der Waals surface area contributed by atoms with Gasteiger partial charge in [-0.3, -0.25) is 0 Å². The molecule has 0 fully saturated rings. The first-order chi connectivity index (χ1) is 4.79. The number of quaternary nitrogens is 1. The van der Waals surface area contributed by atoms with E-state index in [2.05, 4.69) is 18.0 Å². The maximum Gasteiger partial charge on any atom is 0.262 e. The average molecular weight is 200 g/mol. The van der Waals surface area contributed by atoms with Crippen molar-refractivity contribution in [3.05, 3.63) is 0 Å². The van der Waals surface area contributed by atoms with E-state index in [4.69, 9.17) is 5.73 Å². The largest absolute Gasteiger partial charge is 0.748 e. The fraction of sp³-hybridized carbons (Fsp3) is 0.750. The Hall–Kier alpha value is -0.240. The van der Waals surface area contributed by atoms with Gasteiger partial charge in [0, 0.05) is 18.0 Å². The van der Waals surface area contributed by atoms with Crippen LogP contribution >= 0.6 is 12.2 Å². The molecule has 5 N–H and O–H groups in total. The molecule has 0 rings (SSSR count). The fourth-order valence-electron chi connectivity index (χ4n) is 0.250. The molecule has 0 aromatic heterocycles. The van der Waals surface area contributed by atoms with Gasteiger partial charge in [0.05, 0.1) is 10.1 Å². The van der Waals surface area contributed by atoms with Crippen molar-refractivity contribution in [1.82, 2.24) is 0 Å². The molecule has 0 unspecified atom stereocenters. The molecule has 0 amide bonds. The maximum absolute atomic E-state index is 9.68. The van der Waals surface area contributed by atoms with Crippen molar-refractivity contribution in [3.63, 3.8) is 0 Å². The number of nitrogens with two attached hydrogens (primary N) is 1. The predicted octanol–water partition coefficient (Wildman–Crippen LogP) is -1.59. The zero-order valence-electron chi connectivity index (χ0n) is 6.24. The van der Waals surface area contributed by atoms with Crippen LogP contribution in [0.25, 0.3) is 0 Å². The van der Waals surface area contributed by atoms with Crippen molar-refractivity contribution in [2.75, 3.05) is 5.75 Å². The molecule has 0 aliphatic carbocycles. The summed E-state index contributed by atoms with van der Waals surface area (Å²) in [6.45, 7) is 1.65. The summed E-state index contributed by atoms with van der Waals surface area (Å²) in [5, 5.41) is 0.250. The third-order valence-corrected chi connectivity index (χ3v) is 1.36. The summed E-state index contributed by atoms with van der Waals surface area (Å²) in [7, 11) is -3.92.